The van der Waals surface area contributed by atoms with E-state index in [1.807, 2.05) is 0 Å². The Morgan fingerprint density at radius 1 is 1.25 bits per heavy atom. The first kappa shape index (κ1) is 11.5. The molecular formula is C13H23N3. The Morgan fingerprint density at radius 3 is 2.31 bits per heavy atom. The van der Waals surface area contributed by atoms with Gasteiger partial charge in [-0.15, -0.1) is 0 Å². The highest BCUT2D eigenvalue weighted by atomic mass is 15.3. The number of nitrogens with zero attached hydrogens (tertiary/aromatic N) is 2. The summed E-state index contributed by atoms with van der Waals surface area (Å²) in [5, 5.41) is 8.23. The van der Waals surface area contributed by atoms with Crippen molar-refractivity contribution in [2.75, 3.05) is 5.32 Å². The Labute approximate surface area is 98.2 Å². The summed E-state index contributed by atoms with van der Waals surface area (Å²) in [5.74, 6) is 0.876. The van der Waals surface area contributed by atoms with Crippen molar-refractivity contribution < 1.29 is 0 Å². The van der Waals surface area contributed by atoms with Gasteiger partial charge in [-0.3, -0.25) is 4.68 Å². The molecule has 1 aromatic heterocycles. The number of anilines is 1. The molecule has 90 valence electrons. The van der Waals surface area contributed by atoms with Gasteiger partial charge in [-0.05, 0) is 53.4 Å². The minimum atomic E-state index is 0.436. The van der Waals surface area contributed by atoms with Crippen LogP contribution in [-0.4, -0.2) is 15.8 Å². The van der Waals surface area contributed by atoms with E-state index in [1.54, 1.807) is 0 Å². The van der Waals surface area contributed by atoms with Crippen molar-refractivity contribution in [1.29, 1.82) is 0 Å². The topological polar surface area (TPSA) is 29.9 Å². The molecule has 1 fully saturated rings. The van der Waals surface area contributed by atoms with Crippen LogP contribution in [0.3, 0.4) is 0 Å². The molecule has 1 saturated carbocycles. The summed E-state index contributed by atoms with van der Waals surface area (Å²) in [6.07, 6.45) is 2.76. The number of aryl methyl sites for hydroxylation is 1. The van der Waals surface area contributed by atoms with Crippen LogP contribution >= 0.6 is 0 Å². The van der Waals surface area contributed by atoms with Crippen LogP contribution in [-0.2, 0) is 0 Å². The van der Waals surface area contributed by atoms with Gasteiger partial charge in [0, 0.05) is 12.1 Å². The van der Waals surface area contributed by atoms with Crippen LogP contribution in [0.15, 0.2) is 0 Å². The van der Waals surface area contributed by atoms with E-state index in [4.69, 9.17) is 0 Å². The van der Waals surface area contributed by atoms with Crippen molar-refractivity contribution in [2.45, 2.75) is 59.5 Å². The number of aromatic nitrogens is 2. The molecule has 1 aliphatic rings. The van der Waals surface area contributed by atoms with Gasteiger partial charge in [-0.25, -0.2) is 0 Å². The molecule has 1 aromatic rings. The molecule has 3 heteroatoms. The van der Waals surface area contributed by atoms with Crippen molar-refractivity contribution >= 4 is 5.69 Å². The Balaban J connectivity index is 2.19. The highest BCUT2D eigenvalue weighted by molar-refractivity contribution is 5.53. The minimum absolute atomic E-state index is 0.436. The van der Waals surface area contributed by atoms with Gasteiger partial charge in [0.25, 0.3) is 0 Å². The third kappa shape index (κ3) is 2.08. The molecule has 1 unspecified atom stereocenters. The Morgan fingerprint density at radius 2 is 1.88 bits per heavy atom. The van der Waals surface area contributed by atoms with Gasteiger partial charge in [-0.1, -0.05) is 0 Å². The van der Waals surface area contributed by atoms with Gasteiger partial charge < -0.3 is 5.32 Å². The summed E-state index contributed by atoms with van der Waals surface area (Å²) < 4.78 is 2.11. The summed E-state index contributed by atoms with van der Waals surface area (Å²) in [4.78, 5) is 0. The second-order valence-corrected chi connectivity index (χ2v) is 5.35. The zero-order valence-electron chi connectivity index (χ0n) is 11.0. The van der Waals surface area contributed by atoms with Gasteiger partial charge in [0.1, 0.15) is 0 Å². The van der Waals surface area contributed by atoms with Crippen LogP contribution in [0.2, 0.25) is 0 Å². The van der Waals surface area contributed by atoms with Crippen LogP contribution in [0, 0.1) is 19.8 Å². The lowest BCUT2D eigenvalue weighted by molar-refractivity contribution is 0.516. The van der Waals surface area contributed by atoms with E-state index in [9.17, 15) is 0 Å². The molecule has 16 heavy (non-hydrogen) atoms. The summed E-state index contributed by atoms with van der Waals surface area (Å²) in [6, 6.07) is 1.02. The molecule has 0 spiro atoms. The van der Waals surface area contributed by atoms with Crippen LogP contribution in [0.1, 0.15) is 51.0 Å². The van der Waals surface area contributed by atoms with Crippen LogP contribution in [0.4, 0.5) is 5.69 Å². The zero-order valence-corrected chi connectivity index (χ0v) is 11.0. The fourth-order valence-electron chi connectivity index (χ4n) is 2.32. The van der Waals surface area contributed by atoms with E-state index in [-0.39, 0.29) is 0 Å². The molecule has 1 atom stereocenters. The maximum atomic E-state index is 4.60. The lowest BCUT2D eigenvalue weighted by Crippen LogP contribution is -2.18. The maximum absolute atomic E-state index is 4.60. The van der Waals surface area contributed by atoms with Gasteiger partial charge in [0.15, 0.2) is 0 Å². The lowest BCUT2D eigenvalue weighted by atomic mass is 10.2. The van der Waals surface area contributed by atoms with Crippen molar-refractivity contribution in [1.82, 2.24) is 9.78 Å². The van der Waals surface area contributed by atoms with Crippen LogP contribution in [0.5, 0.6) is 0 Å². The third-order valence-electron chi connectivity index (χ3n) is 3.52. The van der Waals surface area contributed by atoms with E-state index in [1.165, 1.54) is 24.2 Å². The standard InChI is InChI=1S/C13H23N3/c1-8(2)16-11(5)13(10(4)15-16)14-9(3)12-6-7-12/h8-9,12,14H,6-7H2,1-5H3. The summed E-state index contributed by atoms with van der Waals surface area (Å²) in [5.41, 5.74) is 3.63. The predicted molar refractivity (Wildman–Crippen MR) is 67.9 cm³/mol. The first-order valence-corrected chi connectivity index (χ1v) is 6.33. The Bertz CT molecular complexity index is 375. The smallest absolute Gasteiger partial charge is 0.0828 e. The number of rotatable bonds is 4. The molecule has 0 bridgehead atoms. The van der Waals surface area contributed by atoms with Gasteiger partial charge in [-0.2, -0.15) is 5.10 Å². The number of nitrogens with one attached hydrogen (secondary N) is 1. The molecule has 0 aliphatic heterocycles. The van der Waals surface area contributed by atoms with E-state index >= 15 is 0 Å². The Kier molecular flexibility index (Phi) is 2.96. The van der Waals surface area contributed by atoms with Gasteiger partial charge in [0.05, 0.1) is 17.1 Å². The molecule has 1 N–H and O–H groups in total. The molecule has 0 radical (unpaired) electrons. The summed E-state index contributed by atoms with van der Waals surface area (Å²) >= 11 is 0. The van der Waals surface area contributed by atoms with E-state index in [0.717, 1.165) is 11.6 Å². The lowest BCUT2D eigenvalue weighted by Gasteiger charge is -2.15. The maximum Gasteiger partial charge on any atom is 0.0828 e. The second kappa shape index (κ2) is 4.11. The SMILES string of the molecule is Cc1nn(C(C)C)c(C)c1NC(C)C1CC1. The van der Waals surface area contributed by atoms with Crippen molar-refractivity contribution in [3.63, 3.8) is 0 Å². The highest BCUT2D eigenvalue weighted by Gasteiger charge is 2.29. The van der Waals surface area contributed by atoms with Crippen LogP contribution < -0.4 is 5.32 Å². The molecule has 1 heterocycles. The highest BCUT2D eigenvalue weighted by Crippen LogP contribution is 2.35. The molecule has 0 saturated heterocycles. The second-order valence-electron chi connectivity index (χ2n) is 5.35. The quantitative estimate of drug-likeness (QED) is 0.845. The van der Waals surface area contributed by atoms with E-state index < -0.39 is 0 Å². The van der Waals surface area contributed by atoms with Crippen molar-refractivity contribution in [3.05, 3.63) is 11.4 Å². The molecule has 0 amide bonds. The fourth-order valence-corrected chi connectivity index (χ4v) is 2.32. The molecule has 1 aliphatic carbocycles. The summed E-state index contributed by atoms with van der Waals surface area (Å²) in [6.45, 7) is 10.9. The van der Waals surface area contributed by atoms with Gasteiger partial charge in [0.2, 0.25) is 0 Å². The fraction of sp³-hybridized carbons (Fsp3) is 0.769. The molecule has 0 aromatic carbocycles. The third-order valence-corrected chi connectivity index (χ3v) is 3.52. The van der Waals surface area contributed by atoms with Crippen molar-refractivity contribution in [3.8, 4) is 0 Å². The average Bonchev–Trinajstić information content (AvgIpc) is 3.00. The van der Waals surface area contributed by atoms with Crippen molar-refractivity contribution in [2.24, 2.45) is 5.92 Å². The largest absolute Gasteiger partial charge is 0.379 e. The first-order valence-electron chi connectivity index (χ1n) is 6.33. The summed E-state index contributed by atoms with van der Waals surface area (Å²) in [7, 11) is 0. The van der Waals surface area contributed by atoms with E-state index in [2.05, 4.69) is 49.7 Å². The van der Waals surface area contributed by atoms with E-state index in [0.29, 0.717) is 12.1 Å². The first-order chi connectivity index (χ1) is 7.50. The number of hydrogen-bond acceptors (Lipinski definition) is 2. The molecule has 2 rings (SSSR count). The molecular weight excluding hydrogens is 198 g/mol. The minimum Gasteiger partial charge on any atom is -0.379 e. The normalized spacial score (nSPS) is 17.9. The monoisotopic (exact) mass is 221 g/mol. The van der Waals surface area contributed by atoms with Gasteiger partial charge >= 0.3 is 0 Å². The zero-order chi connectivity index (χ0) is 11.9. The van der Waals surface area contributed by atoms with Crippen LogP contribution in [0.25, 0.3) is 0 Å². The number of hydrogen-bond donors (Lipinski definition) is 1. The Hall–Kier alpha value is -0.990. The average molecular weight is 221 g/mol. The molecule has 3 nitrogen and oxygen atoms in total. The predicted octanol–water partition coefficient (Wildman–Crippen LogP) is 3.29.